The van der Waals surface area contributed by atoms with Crippen LogP contribution in [0.25, 0.3) is 0 Å². The predicted molar refractivity (Wildman–Crippen MR) is 147 cm³/mol. The zero-order valence-electron chi connectivity index (χ0n) is 24.7. The van der Waals surface area contributed by atoms with Gasteiger partial charge >= 0.3 is 11.9 Å². The summed E-state index contributed by atoms with van der Waals surface area (Å²) in [6.45, 7) is 12.4. The minimum atomic E-state index is -0.470. The van der Waals surface area contributed by atoms with Gasteiger partial charge in [0, 0.05) is 6.42 Å². The Labute approximate surface area is 231 Å². The van der Waals surface area contributed by atoms with Gasteiger partial charge in [-0.05, 0) is 27.2 Å². The lowest BCUT2D eigenvalue weighted by atomic mass is 10.1. The van der Waals surface area contributed by atoms with Crippen LogP contribution in [-0.2, 0) is 42.7 Å². The van der Waals surface area contributed by atoms with Crippen LogP contribution in [-0.4, -0.2) is 90.2 Å². The Kier molecular flexibility index (Phi) is 26.4. The molecule has 0 saturated carbocycles. The maximum atomic E-state index is 11.7. The van der Waals surface area contributed by atoms with Gasteiger partial charge in [0.05, 0.1) is 72.5 Å². The minimum absolute atomic E-state index is 0.139. The number of hydrogen-bond donors (Lipinski definition) is 0. The van der Waals surface area contributed by atoms with E-state index in [1.807, 2.05) is 20.8 Å². The second-order valence-corrected chi connectivity index (χ2v) is 10.2. The van der Waals surface area contributed by atoms with Crippen molar-refractivity contribution < 1.29 is 42.7 Å². The fourth-order valence-corrected chi connectivity index (χ4v) is 3.40. The molecule has 0 aromatic carbocycles. The van der Waals surface area contributed by atoms with Crippen LogP contribution < -0.4 is 0 Å². The molecule has 0 bridgehead atoms. The molecule has 0 N–H and O–H groups in total. The van der Waals surface area contributed by atoms with Gasteiger partial charge in [0.25, 0.3) is 0 Å². The molecule has 0 aromatic rings. The lowest BCUT2D eigenvalue weighted by Gasteiger charge is -2.19. The average molecular weight is 549 g/mol. The SMILES string of the molecule is CCCCCCCCCCCC(=O)OCCOCCOCCOCCOCCOCCC(=O)OC(C)(C)C. The van der Waals surface area contributed by atoms with E-state index in [4.69, 9.17) is 33.2 Å². The highest BCUT2D eigenvalue weighted by Crippen LogP contribution is 2.11. The van der Waals surface area contributed by atoms with Gasteiger partial charge in [-0.25, -0.2) is 0 Å². The van der Waals surface area contributed by atoms with Gasteiger partial charge < -0.3 is 33.2 Å². The van der Waals surface area contributed by atoms with Crippen LogP contribution in [0.5, 0.6) is 0 Å². The molecule has 0 aliphatic heterocycles. The van der Waals surface area contributed by atoms with Crippen LogP contribution in [0.1, 0.15) is 98.3 Å². The highest BCUT2D eigenvalue weighted by atomic mass is 16.6. The van der Waals surface area contributed by atoms with Gasteiger partial charge in [-0.1, -0.05) is 58.3 Å². The first-order valence-electron chi connectivity index (χ1n) is 14.6. The Bertz CT molecular complexity index is 535. The van der Waals surface area contributed by atoms with E-state index in [1.54, 1.807) is 0 Å². The quantitative estimate of drug-likeness (QED) is 0.0957. The van der Waals surface area contributed by atoms with Crippen molar-refractivity contribution in [2.24, 2.45) is 0 Å². The highest BCUT2D eigenvalue weighted by Gasteiger charge is 2.15. The third kappa shape index (κ3) is 31.0. The van der Waals surface area contributed by atoms with Crippen molar-refractivity contribution in [1.29, 1.82) is 0 Å². The first kappa shape index (κ1) is 36.7. The minimum Gasteiger partial charge on any atom is -0.463 e. The summed E-state index contributed by atoms with van der Waals surface area (Å²) in [5.74, 6) is -0.402. The molecule has 0 aliphatic carbocycles. The second-order valence-electron chi connectivity index (χ2n) is 10.2. The molecule has 9 heteroatoms. The number of ether oxygens (including phenoxy) is 7. The van der Waals surface area contributed by atoms with Gasteiger partial charge in [0.2, 0.25) is 0 Å². The maximum absolute atomic E-state index is 11.7. The van der Waals surface area contributed by atoms with Crippen LogP contribution in [0.3, 0.4) is 0 Å². The van der Waals surface area contributed by atoms with Gasteiger partial charge in [-0.3, -0.25) is 9.59 Å². The summed E-state index contributed by atoms with van der Waals surface area (Å²) in [6, 6.07) is 0. The number of hydrogen-bond acceptors (Lipinski definition) is 9. The van der Waals surface area contributed by atoms with Crippen molar-refractivity contribution in [2.45, 2.75) is 104 Å². The van der Waals surface area contributed by atoms with Crippen LogP contribution >= 0.6 is 0 Å². The lowest BCUT2D eigenvalue weighted by molar-refractivity contribution is -0.156. The Morgan fingerprint density at radius 3 is 1.32 bits per heavy atom. The summed E-state index contributed by atoms with van der Waals surface area (Å²) in [7, 11) is 0. The summed E-state index contributed by atoms with van der Waals surface area (Å²) in [5, 5.41) is 0. The lowest BCUT2D eigenvalue weighted by Crippen LogP contribution is -2.24. The molecule has 9 nitrogen and oxygen atoms in total. The Hall–Kier alpha value is -1.26. The molecular weight excluding hydrogens is 492 g/mol. The van der Waals surface area contributed by atoms with E-state index in [2.05, 4.69) is 6.92 Å². The molecule has 0 rings (SSSR count). The Morgan fingerprint density at radius 1 is 0.474 bits per heavy atom. The zero-order chi connectivity index (χ0) is 28.2. The molecular formula is C29H56O9. The Morgan fingerprint density at radius 2 is 0.868 bits per heavy atom. The molecule has 226 valence electrons. The fraction of sp³-hybridized carbons (Fsp3) is 0.931. The van der Waals surface area contributed by atoms with Crippen molar-refractivity contribution in [3.8, 4) is 0 Å². The largest absolute Gasteiger partial charge is 0.463 e. The molecule has 0 saturated heterocycles. The number of unbranched alkanes of at least 4 members (excludes halogenated alkanes) is 8. The summed E-state index contributed by atoms with van der Waals surface area (Å²) in [4.78, 5) is 23.3. The number of carbonyl (C=O) groups excluding carboxylic acids is 2. The first-order valence-corrected chi connectivity index (χ1v) is 14.6. The summed E-state index contributed by atoms with van der Waals surface area (Å²) in [6.07, 6.45) is 11.8. The average Bonchev–Trinajstić information content (AvgIpc) is 2.86. The van der Waals surface area contributed by atoms with Crippen molar-refractivity contribution in [1.82, 2.24) is 0 Å². The van der Waals surface area contributed by atoms with Crippen LogP contribution in [0.15, 0.2) is 0 Å². The molecule has 0 heterocycles. The molecule has 0 radical (unpaired) electrons. The molecule has 0 aliphatic rings. The van der Waals surface area contributed by atoms with E-state index in [-0.39, 0.29) is 25.0 Å². The van der Waals surface area contributed by atoms with Gasteiger partial charge in [0.1, 0.15) is 12.2 Å². The molecule has 38 heavy (non-hydrogen) atoms. The molecule has 0 fully saturated rings. The molecule has 0 spiro atoms. The number of carbonyl (C=O) groups is 2. The normalized spacial score (nSPS) is 11.6. The van der Waals surface area contributed by atoms with E-state index in [0.29, 0.717) is 72.5 Å². The van der Waals surface area contributed by atoms with Crippen molar-refractivity contribution in [2.75, 3.05) is 72.7 Å². The second kappa shape index (κ2) is 27.3. The third-order valence-corrected chi connectivity index (χ3v) is 5.33. The maximum Gasteiger partial charge on any atom is 0.308 e. The summed E-state index contributed by atoms with van der Waals surface area (Å²) >= 11 is 0. The predicted octanol–water partition coefficient (Wildman–Crippen LogP) is 5.27. The van der Waals surface area contributed by atoms with E-state index in [9.17, 15) is 9.59 Å². The van der Waals surface area contributed by atoms with E-state index < -0.39 is 5.60 Å². The van der Waals surface area contributed by atoms with Crippen LogP contribution in [0.4, 0.5) is 0 Å². The first-order chi connectivity index (χ1) is 18.3. The third-order valence-electron chi connectivity index (χ3n) is 5.33. The zero-order valence-corrected chi connectivity index (χ0v) is 24.7. The smallest absolute Gasteiger partial charge is 0.308 e. The summed E-state index contributed by atoms with van der Waals surface area (Å²) < 4.78 is 37.4. The molecule has 0 unspecified atom stereocenters. The molecule has 0 atom stereocenters. The number of rotatable bonds is 28. The van der Waals surface area contributed by atoms with E-state index >= 15 is 0 Å². The summed E-state index contributed by atoms with van der Waals surface area (Å²) in [5.41, 5.74) is -0.470. The van der Waals surface area contributed by atoms with E-state index in [0.717, 1.165) is 12.8 Å². The van der Waals surface area contributed by atoms with Gasteiger partial charge in [0.15, 0.2) is 0 Å². The molecule has 0 amide bonds. The monoisotopic (exact) mass is 548 g/mol. The number of esters is 2. The van der Waals surface area contributed by atoms with Crippen molar-refractivity contribution in [3.63, 3.8) is 0 Å². The van der Waals surface area contributed by atoms with Crippen molar-refractivity contribution in [3.05, 3.63) is 0 Å². The Balaban J connectivity index is 3.20. The fourth-order valence-electron chi connectivity index (χ4n) is 3.40. The standard InChI is InChI=1S/C29H56O9/c1-5-6-7-8-9-10-11-12-13-14-27(30)37-26-25-36-24-23-35-22-21-34-20-19-33-18-17-32-16-15-28(31)38-29(2,3)4/h5-26H2,1-4H3. The molecule has 0 aromatic heterocycles. The van der Waals surface area contributed by atoms with Crippen molar-refractivity contribution >= 4 is 11.9 Å². The van der Waals surface area contributed by atoms with E-state index in [1.165, 1.54) is 44.9 Å². The highest BCUT2D eigenvalue weighted by molar-refractivity contribution is 5.70. The van der Waals surface area contributed by atoms with Gasteiger partial charge in [-0.15, -0.1) is 0 Å². The van der Waals surface area contributed by atoms with Crippen LogP contribution in [0.2, 0.25) is 0 Å². The van der Waals surface area contributed by atoms with Crippen LogP contribution in [0, 0.1) is 0 Å². The topological polar surface area (TPSA) is 98.8 Å². The van der Waals surface area contributed by atoms with Gasteiger partial charge in [-0.2, -0.15) is 0 Å².